The number of hydrogen-bond donors (Lipinski definition) is 2. The van der Waals surface area contributed by atoms with Gasteiger partial charge in [-0.05, 0) is 61.4 Å². The lowest BCUT2D eigenvalue weighted by Crippen LogP contribution is -2.11. The molecule has 1 heterocycles. The van der Waals surface area contributed by atoms with Crippen molar-refractivity contribution in [3.05, 3.63) is 71.4 Å². The molecule has 0 aliphatic heterocycles. The Labute approximate surface area is 150 Å². The number of rotatable bonds is 5. The van der Waals surface area contributed by atoms with Crippen molar-refractivity contribution in [2.75, 3.05) is 5.32 Å². The summed E-state index contributed by atoms with van der Waals surface area (Å²) in [7, 11) is 0. The summed E-state index contributed by atoms with van der Waals surface area (Å²) in [4.78, 5) is 12.3. The van der Waals surface area contributed by atoms with Crippen molar-refractivity contribution in [3.8, 4) is 17.6 Å². The van der Waals surface area contributed by atoms with Gasteiger partial charge >= 0.3 is 0 Å². The van der Waals surface area contributed by atoms with E-state index in [1.165, 1.54) is 12.8 Å². The Morgan fingerprint density at radius 1 is 1.12 bits per heavy atom. The molecule has 6 nitrogen and oxygen atoms in total. The summed E-state index contributed by atoms with van der Waals surface area (Å²) < 4.78 is 5.71. The van der Waals surface area contributed by atoms with E-state index in [1.54, 1.807) is 48.5 Å². The zero-order chi connectivity index (χ0) is 17.9. The third-order valence-electron chi connectivity index (χ3n) is 4.18. The van der Waals surface area contributed by atoms with Gasteiger partial charge in [0.2, 0.25) is 0 Å². The molecule has 0 radical (unpaired) electrons. The Balaban J connectivity index is 1.39. The first-order valence-electron chi connectivity index (χ1n) is 8.36. The average molecular weight is 344 g/mol. The molecule has 1 aliphatic carbocycles. The van der Waals surface area contributed by atoms with Gasteiger partial charge in [-0.3, -0.25) is 9.89 Å². The SMILES string of the molecule is N#Cc1ccc(Oc2ccc(C(=O)Nc3cc(C4CC4)n[nH]3)cc2)cc1. The Bertz CT molecular complexity index is 964. The summed E-state index contributed by atoms with van der Waals surface area (Å²) in [6.45, 7) is 0. The van der Waals surface area contributed by atoms with E-state index in [2.05, 4.69) is 21.6 Å². The van der Waals surface area contributed by atoms with Crippen molar-refractivity contribution < 1.29 is 9.53 Å². The lowest BCUT2D eigenvalue weighted by molar-refractivity contribution is 0.102. The van der Waals surface area contributed by atoms with Gasteiger partial charge in [-0.2, -0.15) is 10.4 Å². The first-order valence-corrected chi connectivity index (χ1v) is 8.36. The minimum Gasteiger partial charge on any atom is -0.457 e. The molecule has 0 bridgehead atoms. The topological polar surface area (TPSA) is 90.8 Å². The van der Waals surface area contributed by atoms with Gasteiger partial charge in [0.05, 0.1) is 17.3 Å². The van der Waals surface area contributed by atoms with E-state index in [-0.39, 0.29) is 5.91 Å². The lowest BCUT2D eigenvalue weighted by atomic mass is 10.2. The normalized spacial score (nSPS) is 13.0. The van der Waals surface area contributed by atoms with Gasteiger partial charge in [0.1, 0.15) is 17.3 Å². The van der Waals surface area contributed by atoms with Gasteiger partial charge in [0.15, 0.2) is 0 Å². The van der Waals surface area contributed by atoms with E-state index in [1.807, 2.05) is 6.07 Å². The third kappa shape index (κ3) is 3.57. The fourth-order valence-electron chi connectivity index (χ4n) is 2.59. The first-order chi connectivity index (χ1) is 12.7. The van der Waals surface area contributed by atoms with Crippen LogP contribution in [0.25, 0.3) is 0 Å². The second-order valence-electron chi connectivity index (χ2n) is 6.20. The molecule has 2 aromatic carbocycles. The third-order valence-corrected chi connectivity index (χ3v) is 4.18. The summed E-state index contributed by atoms with van der Waals surface area (Å²) in [5.41, 5.74) is 2.11. The fourth-order valence-corrected chi connectivity index (χ4v) is 2.59. The number of benzene rings is 2. The van der Waals surface area contributed by atoms with Gasteiger partial charge in [-0.25, -0.2) is 0 Å². The number of ether oxygens (including phenoxy) is 1. The van der Waals surface area contributed by atoms with E-state index in [0.717, 1.165) is 5.69 Å². The van der Waals surface area contributed by atoms with Crippen molar-refractivity contribution in [1.82, 2.24) is 10.2 Å². The van der Waals surface area contributed by atoms with Crippen LogP contribution in [0.4, 0.5) is 5.82 Å². The predicted molar refractivity (Wildman–Crippen MR) is 96.2 cm³/mol. The average Bonchev–Trinajstić information content (AvgIpc) is 3.42. The molecule has 0 spiro atoms. The van der Waals surface area contributed by atoms with Crippen LogP contribution < -0.4 is 10.1 Å². The fraction of sp³-hybridized carbons (Fsp3) is 0.150. The maximum atomic E-state index is 12.3. The molecule has 1 amide bonds. The van der Waals surface area contributed by atoms with Gasteiger partial charge < -0.3 is 10.1 Å². The highest BCUT2D eigenvalue weighted by molar-refractivity contribution is 6.03. The molecule has 1 fully saturated rings. The van der Waals surface area contributed by atoms with Crippen molar-refractivity contribution >= 4 is 11.7 Å². The Morgan fingerprint density at radius 2 is 1.77 bits per heavy atom. The number of nitrogens with zero attached hydrogens (tertiary/aromatic N) is 2. The van der Waals surface area contributed by atoms with Gasteiger partial charge in [0, 0.05) is 17.5 Å². The molecule has 0 saturated heterocycles. The molecule has 1 aliphatic rings. The smallest absolute Gasteiger partial charge is 0.256 e. The maximum absolute atomic E-state index is 12.3. The number of carbonyl (C=O) groups excluding carboxylic acids is 1. The number of anilines is 1. The van der Waals surface area contributed by atoms with Crippen molar-refractivity contribution in [2.45, 2.75) is 18.8 Å². The lowest BCUT2D eigenvalue weighted by Gasteiger charge is -2.07. The van der Waals surface area contributed by atoms with Crippen LogP contribution in [0.1, 0.15) is 40.4 Å². The molecule has 2 N–H and O–H groups in total. The van der Waals surface area contributed by atoms with E-state index in [4.69, 9.17) is 10.00 Å². The summed E-state index contributed by atoms with van der Waals surface area (Å²) in [6, 6.07) is 17.7. The van der Waals surface area contributed by atoms with Crippen molar-refractivity contribution in [2.24, 2.45) is 0 Å². The van der Waals surface area contributed by atoms with Crippen molar-refractivity contribution in [3.63, 3.8) is 0 Å². The minimum absolute atomic E-state index is 0.207. The van der Waals surface area contributed by atoms with E-state index in [9.17, 15) is 4.79 Å². The highest BCUT2D eigenvalue weighted by Crippen LogP contribution is 2.39. The molecule has 0 unspecified atom stereocenters. The zero-order valence-corrected chi connectivity index (χ0v) is 13.9. The van der Waals surface area contributed by atoms with Crippen LogP contribution >= 0.6 is 0 Å². The molecule has 1 aromatic heterocycles. The zero-order valence-electron chi connectivity index (χ0n) is 13.9. The molecular formula is C20H16N4O2. The molecule has 26 heavy (non-hydrogen) atoms. The number of aromatic amines is 1. The Hall–Kier alpha value is -3.59. The van der Waals surface area contributed by atoms with Crippen LogP contribution in [0, 0.1) is 11.3 Å². The van der Waals surface area contributed by atoms with Crippen LogP contribution in [0.2, 0.25) is 0 Å². The van der Waals surface area contributed by atoms with E-state index < -0.39 is 0 Å². The summed E-state index contributed by atoms with van der Waals surface area (Å²) in [5, 5.41) is 18.7. The number of carbonyl (C=O) groups is 1. The molecular weight excluding hydrogens is 328 g/mol. The molecule has 0 atom stereocenters. The minimum atomic E-state index is -0.207. The number of amides is 1. The summed E-state index contributed by atoms with van der Waals surface area (Å²) in [6.07, 6.45) is 2.33. The number of aromatic nitrogens is 2. The van der Waals surface area contributed by atoms with Gasteiger partial charge in [0.25, 0.3) is 5.91 Å². The van der Waals surface area contributed by atoms with Crippen molar-refractivity contribution in [1.29, 1.82) is 5.26 Å². The van der Waals surface area contributed by atoms with Crippen LogP contribution in [-0.4, -0.2) is 16.1 Å². The molecule has 128 valence electrons. The molecule has 3 aromatic rings. The number of hydrogen-bond acceptors (Lipinski definition) is 4. The quantitative estimate of drug-likeness (QED) is 0.725. The van der Waals surface area contributed by atoms with Crippen LogP contribution in [0.5, 0.6) is 11.5 Å². The monoisotopic (exact) mass is 344 g/mol. The van der Waals surface area contributed by atoms with E-state index in [0.29, 0.717) is 34.4 Å². The number of nitrogens with one attached hydrogen (secondary N) is 2. The Morgan fingerprint density at radius 3 is 2.38 bits per heavy atom. The number of nitriles is 1. The second-order valence-corrected chi connectivity index (χ2v) is 6.20. The van der Waals surface area contributed by atoms with Gasteiger partial charge in [-0.15, -0.1) is 0 Å². The molecule has 1 saturated carbocycles. The maximum Gasteiger partial charge on any atom is 0.256 e. The van der Waals surface area contributed by atoms with Crippen LogP contribution in [0.3, 0.4) is 0 Å². The summed E-state index contributed by atoms with van der Waals surface area (Å²) >= 11 is 0. The largest absolute Gasteiger partial charge is 0.457 e. The highest BCUT2D eigenvalue weighted by atomic mass is 16.5. The Kier molecular flexibility index (Phi) is 4.12. The molecule has 4 rings (SSSR count). The molecule has 6 heteroatoms. The van der Waals surface area contributed by atoms with Crippen LogP contribution in [0.15, 0.2) is 54.6 Å². The van der Waals surface area contributed by atoms with Gasteiger partial charge in [-0.1, -0.05) is 0 Å². The predicted octanol–water partition coefficient (Wildman–Crippen LogP) is 4.20. The second kappa shape index (κ2) is 6.73. The summed E-state index contributed by atoms with van der Waals surface area (Å²) in [5.74, 6) is 2.18. The highest BCUT2D eigenvalue weighted by Gasteiger charge is 2.26. The first kappa shape index (κ1) is 15.9. The van der Waals surface area contributed by atoms with Crippen LogP contribution in [-0.2, 0) is 0 Å². The standard InChI is InChI=1S/C20H16N4O2/c21-12-13-1-7-16(8-2-13)26-17-9-5-15(6-10-17)20(25)22-19-11-18(23-24-19)14-3-4-14/h1-2,5-11,14H,3-4H2,(H2,22,23,24,25). The van der Waals surface area contributed by atoms with E-state index >= 15 is 0 Å². The number of H-pyrrole nitrogens is 1.